The van der Waals surface area contributed by atoms with Gasteiger partial charge in [0, 0.05) is 12.0 Å². The molecule has 4 N–H and O–H groups in total. The van der Waals surface area contributed by atoms with E-state index in [0.717, 1.165) is 5.56 Å². The van der Waals surface area contributed by atoms with E-state index in [4.69, 9.17) is 14.8 Å². The average Bonchev–Trinajstić information content (AvgIpc) is 3.33. The van der Waals surface area contributed by atoms with Crippen LogP contribution >= 0.6 is 0 Å². The molecule has 0 bridgehead atoms. The smallest absolute Gasteiger partial charge is 0.278 e. The molecule has 3 heterocycles. The van der Waals surface area contributed by atoms with Gasteiger partial charge in [-0.1, -0.05) is 6.07 Å². The number of fused-ring (bicyclic) bond motifs is 1. The highest BCUT2D eigenvalue weighted by molar-refractivity contribution is 6.00. The first-order chi connectivity index (χ1) is 16.9. The summed E-state index contributed by atoms with van der Waals surface area (Å²) >= 11 is 0. The van der Waals surface area contributed by atoms with E-state index < -0.39 is 24.4 Å². The van der Waals surface area contributed by atoms with Crippen LogP contribution in [0.3, 0.4) is 0 Å². The van der Waals surface area contributed by atoms with Crippen LogP contribution in [0.15, 0.2) is 36.8 Å². The van der Waals surface area contributed by atoms with Crippen LogP contribution in [0.2, 0.25) is 0 Å². The molecule has 1 atom stereocenters. The van der Waals surface area contributed by atoms with Gasteiger partial charge in [-0.15, -0.1) is 0 Å². The first-order valence-corrected chi connectivity index (χ1v) is 11.0. The lowest BCUT2D eigenvalue weighted by atomic mass is 10.1. The van der Waals surface area contributed by atoms with Crippen LogP contribution in [0.25, 0.3) is 5.52 Å². The van der Waals surface area contributed by atoms with Crippen LogP contribution in [0.4, 0.5) is 15.9 Å². The van der Waals surface area contributed by atoms with Gasteiger partial charge in [0.25, 0.3) is 5.91 Å². The fourth-order valence-electron chi connectivity index (χ4n) is 3.63. The van der Waals surface area contributed by atoms with Crippen molar-refractivity contribution in [2.24, 2.45) is 0 Å². The Bertz CT molecular complexity index is 1230. The zero-order valence-electron chi connectivity index (χ0n) is 19.0. The monoisotopic (exact) mass is 487 g/mol. The molecule has 1 saturated heterocycles. The van der Waals surface area contributed by atoms with E-state index in [1.54, 1.807) is 29.7 Å². The molecule has 3 aromatic rings. The average molecular weight is 487 g/mol. The Morgan fingerprint density at radius 2 is 2.20 bits per heavy atom. The number of rotatable bonds is 9. The SMILES string of the molecule is Cc1ccc(Nc2c(C(=O)NOCC(O)CO)cc(CN3OCCCC3=O)c3cncn23)c(F)c1. The summed E-state index contributed by atoms with van der Waals surface area (Å²) in [6, 6.07) is 6.18. The third kappa shape index (κ3) is 5.57. The molecule has 1 unspecified atom stereocenters. The van der Waals surface area contributed by atoms with E-state index in [9.17, 15) is 19.1 Å². The van der Waals surface area contributed by atoms with Crippen LogP contribution in [-0.2, 0) is 21.0 Å². The summed E-state index contributed by atoms with van der Waals surface area (Å²) < 4.78 is 16.2. The van der Waals surface area contributed by atoms with Crippen molar-refractivity contribution in [3.05, 3.63) is 59.3 Å². The third-order valence-corrected chi connectivity index (χ3v) is 5.43. The number of pyridine rings is 1. The van der Waals surface area contributed by atoms with Crippen molar-refractivity contribution >= 4 is 28.8 Å². The number of amides is 2. The molecule has 2 amide bonds. The summed E-state index contributed by atoms with van der Waals surface area (Å²) in [4.78, 5) is 40.0. The largest absolute Gasteiger partial charge is 0.394 e. The number of aliphatic hydroxyl groups is 2. The van der Waals surface area contributed by atoms with Gasteiger partial charge in [0.05, 0.1) is 42.7 Å². The first-order valence-electron chi connectivity index (χ1n) is 11.0. The zero-order valence-corrected chi connectivity index (χ0v) is 19.0. The number of nitrogens with zero attached hydrogens (tertiary/aromatic N) is 3. The maximum Gasteiger partial charge on any atom is 0.278 e. The molecular weight excluding hydrogens is 461 g/mol. The predicted molar refractivity (Wildman–Crippen MR) is 122 cm³/mol. The number of hydrogen-bond donors (Lipinski definition) is 4. The Morgan fingerprint density at radius 3 is 2.94 bits per heavy atom. The molecule has 0 radical (unpaired) electrons. The van der Waals surface area contributed by atoms with Crippen LogP contribution < -0.4 is 10.8 Å². The molecule has 0 aliphatic carbocycles. The normalized spacial score (nSPS) is 14.9. The minimum absolute atomic E-state index is 0.0634. The lowest BCUT2D eigenvalue weighted by Gasteiger charge is -2.26. The number of carbonyl (C=O) groups excluding carboxylic acids is 2. The van der Waals surface area contributed by atoms with Crippen LogP contribution in [-0.4, -0.2) is 62.4 Å². The van der Waals surface area contributed by atoms with Crippen molar-refractivity contribution < 1.29 is 33.9 Å². The van der Waals surface area contributed by atoms with Gasteiger partial charge < -0.3 is 15.5 Å². The van der Waals surface area contributed by atoms with Crippen molar-refractivity contribution in [1.82, 2.24) is 19.9 Å². The minimum Gasteiger partial charge on any atom is -0.394 e. The quantitative estimate of drug-likeness (QED) is 0.334. The van der Waals surface area contributed by atoms with E-state index in [-0.39, 0.29) is 36.1 Å². The molecule has 186 valence electrons. The Hall–Kier alpha value is -3.58. The summed E-state index contributed by atoms with van der Waals surface area (Å²) in [5, 5.41) is 22.6. The van der Waals surface area contributed by atoms with Crippen LogP contribution in [0.1, 0.15) is 34.3 Å². The number of anilines is 2. The van der Waals surface area contributed by atoms with Crippen LogP contribution in [0.5, 0.6) is 0 Å². The number of hydroxylamine groups is 3. The summed E-state index contributed by atoms with van der Waals surface area (Å²) in [6.07, 6.45) is 2.84. The van der Waals surface area contributed by atoms with Gasteiger partial charge >= 0.3 is 0 Å². The van der Waals surface area contributed by atoms with Crippen molar-refractivity contribution in [2.75, 3.05) is 25.1 Å². The highest BCUT2D eigenvalue weighted by Crippen LogP contribution is 2.29. The maximum absolute atomic E-state index is 14.6. The van der Waals surface area contributed by atoms with Gasteiger partial charge in [0.1, 0.15) is 30.7 Å². The number of aliphatic hydroxyl groups excluding tert-OH is 2. The van der Waals surface area contributed by atoms with Crippen molar-refractivity contribution in [1.29, 1.82) is 0 Å². The fraction of sp³-hybridized carbons (Fsp3) is 0.348. The molecule has 11 nitrogen and oxygen atoms in total. The van der Waals surface area contributed by atoms with Gasteiger partial charge in [0.2, 0.25) is 5.91 Å². The highest BCUT2D eigenvalue weighted by atomic mass is 19.1. The Balaban J connectivity index is 1.73. The van der Waals surface area contributed by atoms with Crippen molar-refractivity contribution in [2.45, 2.75) is 32.4 Å². The van der Waals surface area contributed by atoms with Gasteiger partial charge in [-0.05, 0) is 37.1 Å². The number of imidazole rings is 1. The number of aromatic nitrogens is 2. The molecule has 35 heavy (non-hydrogen) atoms. The number of hydrogen-bond acceptors (Lipinski definition) is 8. The molecule has 1 aliphatic rings. The summed E-state index contributed by atoms with van der Waals surface area (Å²) in [5.41, 5.74) is 4.30. The summed E-state index contributed by atoms with van der Waals surface area (Å²) in [6.45, 7) is 1.36. The topological polar surface area (TPSA) is 138 Å². The van der Waals surface area contributed by atoms with E-state index >= 15 is 0 Å². The van der Waals surface area contributed by atoms with Gasteiger partial charge in [-0.3, -0.25) is 23.7 Å². The Morgan fingerprint density at radius 1 is 1.37 bits per heavy atom. The van der Waals surface area contributed by atoms with E-state index in [1.807, 2.05) is 0 Å². The molecular formula is C23H26FN5O6. The lowest BCUT2D eigenvalue weighted by Crippen LogP contribution is -2.35. The zero-order chi connectivity index (χ0) is 24.9. The number of halogens is 1. The van der Waals surface area contributed by atoms with E-state index in [0.29, 0.717) is 30.5 Å². The standard InChI is InChI=1S/C23H26FN5O6/c1-14-4-5-19(18(24)7-14)26-22-17(23(33)27-34-12-16(31)11-30)8-15(20-9-25-13-28(20)22)10-29-21(32)3-2-6-35-29/h4-5,7-9,13,16,26,30-31H,2-3,6,10-12H2,1H3,(H,27,33). The number of carbonyl (C=O) groups is 2. The Labute approximate surface area is 200 Å². The van der Waals surface area contributed by atoms with Gasteiger partial charge in [-0.25, -0.2) is 19.9 Å². The maximum atomic E-state index is 14.6. The first kappa shape index (κ1) is 24.5. The summed E-state index contributed by atoms with van der Waals surface area (Å²) in [7, 11) is 0. The van der Waals surface area contributed by atoms with Gasteiger partial charge in [-0.2, -0.15) is 0 Å². The van der Waals surface area contributed by atoms with Crippen molar-refractivity contribution in [3.63, 3.8) is 0 Å². The lowest BCUT2D eigenvalue weighted by molar-refractivity contribution is -0.201. The Kier molecular flexibility index (Phi) is 7.56. The molecule has 2 aromatic heterocycles. The van der Waals surface area contributed by atoms with Crippen molar-refractivity contribution in [3.8, 4) is 0 Å². The second-order valence-electron chi connectivity index (χ2n) is 8.13. The highest BCUT2D eigenvalue weighted by Gasteiger charge is 2.24. The molecule has 12 heteroatoms. The number of benzene rings is 1. The molecule has 1 fully saturated rings. The summed E-state index contributed by atoms with van der Waals surface area (Å²) in [5.74, 6) is -1.18. The number of nitrogens with one attached hydrogen (secondary N) is 2. The van der Waals surface area contributed by atoms with Gasteiger partial charge in [0.15, 0.2) is 0 Å². The van der Waals surface area contributed by atoms with E-state index in [2.05, 4.69) is 15.8 Å². The fourth-order valence-corrected chi connectivity index (χ4v) is 3.63. The molecule has 0 spiro atoms. The minimum atomic E-state index is -1.18. The molecule has 4 rings (SSSR count). The number of aryl methyl sites for hydroxylation is 1. The second kappa shape index (κ2) is 10.8. The predicted octanol–water partition coefficient (Wildman–Crippen LogP) is 1.59. The molecule has 1 aromatic carbocycles. The van der Waals surface area contributed by atoms with E-state index in [1.165, 1.54) is 23.5 Å². The van der Waals surface area contributed by atoms with Crippen LogP contribution in [0, 0.1) is 12.7 Å². The third-order valence-electron chi connectivity index (χ3n) is 5.43. The molecule has 0 saturated carbocycles. The molecule has 1 aliphatic heterocycles. The second-order valence-corrected chi connectivity index (χ2v) is 8.13.